The van der Waals surface area contributed by atoms with Crippen LogP contribution in [0.1, 0.15) is 11.4 Å². The minimum absolute atomic E-state index is 0.0506. The molecule has 2 nitrogen and oxygen atoms in total. The van der Waals surface area contributed by atoms with Crippen molar-refractivity contribution >= 4 is 22.6 Å². The van der Waals surface area contributed by atoms with Crippen molar-refractivity contribution in [3.8, 4) is 0 Å². The summed E-state index contributed by atoms with van der Waals surface area (Å²) in [6, 6.07) is 3.30. The summed E-state index contributed by atoms with van der Waals surface area (Å²) in [7, 11) is 0. The smallest absolute Gasteiger partial charge is 0.239 e. The van der Waals surface area contributed by atoms with Crippen LogP contribution in [0.5, 0.6) is 0 Å². The summed E-state index contributed by atoms with van der Waals surface area (Å²) in [5, 5.41) is 0.0506. The third-order valence-corrected chi connectivity index (χ3v) is 2.40. The highest BCUT2D eigenvalue weighted by Gasteiger charge is 2.46. The van der Waals surface area contributed by atoms with E-state index in [4.69, 9.17) is 11.6 Å². The molecule has 0 aliphatic carbocycles. The number of aromatic nitrogens is 2. The number of hydrogen-bond donors (Lipinski definition) is 0. The molecule has 1 aromatic heterocycles. The zero-order chi connectivity index (χ0) is 14.4. The van der Waals surface area contributed by atoms with Crippen LogP contribution < -0.4 is 0 Å². The van der Waals surface area contributed by atoms with Crippen LogP contribution in [0.4, 0.5) is 26.3 Å². The van der Waals surface area contributed by atoms with Crippen LogP contribution in [0.15, 0.2) is 18.2 Å². The number of halogens is 7. The highest BCUT2D eigenvalue weighted by atomic mass is 35.5. The molecule has 2 aromatic rings. The van der Waals surface area contributed by atoms with E-state index < -0.39 is 23.7 Å². The molecule has 0 spiro atoms. The van der Waals surface area contributed by atoms with Gasteiger partial charge in [-0.05, 0) is 18.2 Å². The molecular weight excluding hydrogens is 298 g/mol. The summed E-state index contributed by atoms with van der Waals surface area (Å²) in [6.07, 6.45) is -10.5. The Morgan fingerprint density at radius 1 is 0.789 bits per heavy atom. The highest BCUT2D eigenvalue weighted by Crippen LogP contribution is 2.38. The topological polar surface area (TPSA) is 25.8 Å². The zero-order valence-electron chi connectivity index (χ0n) is 8.77. The van der Waals surface area contributed by atoms with Gasteiger partial charge in [-0.3, -0.25) is 0 Å². The fourth-order valence-electron chi connectivity index (χ4n) is 1.42. The maximum atomic E-state index is 12.6. The molecule has 102 valence electrons. The summed E-state index contributed by atoms with van der Waals surface area (Å²) in [5.41, 5.74) is -4.80. The molecule has 0 radical (unpaired) electrons. The van der Waals surface area contributed by atoms with Crippen molar-refractivity contribution in [2.45, 2.75) is 12.4 Å². The second-order valence-corrected chi connectivity index (χ2v) is 3.99. The van der Waals surface area contributed by atoms with E-state index in [1.165, 1.54) is 6.07 Å². The lowest BCUT2D eigenvalue weighted by atomic mass is 10.2. The van der Waals surface area contributed by atoms with E-state index in [0.717, 1.165) is 12.1 Å². The first kappa shape index (κ1) is 13.9. The molecule has 0 N–H and O–H groups in total. The SMILES string of the molecule is FC(F)(F)c1nc2ccc(Cl)cc2nc1C(F)(F)F. The van der Waals surface area contributed by atoms with Crippen molar-refractivity contribution in [2.24, 2.45) is 0 Å². The third kappa shape index (κ3) is 2.73. The van der Waals surface area contributed by atoms with E-state index >= 15 is 0 Å². The van der Waals surface area contributed by atoms with Crippen molar-refractivity contribution < 1.29 is 26.3 Å². The van der Waals surface area contributed by atoms with Gasteiger partial charge in [0.05, 0.1) is 11.0 Å². The second-order valence-electron chi connectivity index (χ2n) is 3.55. The third-order valence-electron chi connectivity index (χ3n) is 2.16. The van der Waals surface area contributed by atoms with Gasteiger partial charge in [-0.25, -0.2) is 9.97 Å². The summed E-state index contributed by atoms with van der Waals surface area (Å²) in [6.45, 7) is 0. The fourth-order valence-corrected chi connectivity index (χ4v) is 1.59. The lowest BCUT2D eigenvalue weighted by molar-refractivity contribution is -0.167. The van der Waals surface area contributed by atoms with Crippen LogP contribution in [-0.2, 0) is 12.4 Å². The predicted molar refractivity (Wildman–Crippen MR) is 54.6 cm³/mol. The van der Waals surface area contributed by atoms with E-state index in [1.54, 1.807) is 0 Å². The van der Waals surface area contributed by atoms with Crippen molar-refractivity contribution in [1.82, 2.24) is 9.97 Å². The van der Waals surface area contributed by atoms with Crippen LogP contribution in [0.2, 0.25) is 5.02 Å². The number of fused-ring (bicyclic) bond motifs is 1. The maximum absolute atomic E-state index is 12.6. The maximum Gasteiger partial charge on any atom is 0.435 e. The number of benzene rings is 1. The number of hydrogen-bond acceptors (Lipinski definition) is 2. The molecule has 0 fully saturated rings. The van der Waals surface area contributed by atoms with Crippen LogP contribution >= 0.6 is 11.6 Å². The lowest BCUT2D eigenvalue weighted by Crippen LogP contribution is -2.20. The van der Waals surface area contributed by atoms with Gasteiger partial charge in [-0.2, -0.15) is 26.3 Å². The van der Waals surface area contributed by atoms with Gasteiger partial charge in [-0.1, -0.05) is 11.6 Å². The predicted octanol–water partition coefficient (Wildman–Crippen LogP) is 4.32. The molecule has 1 heterocycles. The molecule has 19 heavy (non-hydrogen) atoms. The number of alkyl halides is 6. The summed E-state index contributed by atoms with van der Waals surface area (Å²) >= 11 is 5.54. The van der Waals surface area contributed by atoms with E-state index in [2.05, 4.69) is 9.97 Å². The molecule has 0 bridgehead atoms. The second kappa shape index (κ2) is 4.22. The first-order valence-corrected chi connectivity index (χ1v) is 5.08. The highest BCUT2D eigenvalue weighted by molar-refractivity contribution is 6.31. The van der Waals surface area contributed by atoms with Gasteiger partial charge in [0.2, 0.25) is 0 Å². The summed E-state index contributed by atoms with van der Waals surface area (Å²) in [4.78, 5) is 5.97. The minimum Gasteiger partial charge on any atom is -0.239 e. The van der Waals surface area contributed by atoms with Gasteiger partial charge in [0.1, 0.15) is 0 Å². The monoisotopic (exact) mass is 300 g/mol. The van der Waals surface area contributed by atoms with Crippen LogP contribution in [0, 0.1) is 0 Å². The van der Waals surface area contributed by atoms with Crippen LogP contribution in [-0.4, -0.2) is 9.97 Å². The van der Waals surface area contributed by atoms with Gasteiger partial charge < -0.3 is 0 Å². The van der Waals surface area contributed by atoms with Crippen molar-refractivity contribution in [1.29, 1.82) is 0 Å². The van der Waals surface area contributed by atoms with Crippen molar-refractivity contribution in [2.75, 3.05) is 0 Å². The molecular formula is C10H3ClF6N2. The Kier molecular flexibility index (Phi) is 3.08. The van der Waals surface area contributed by atoms with Gasteiger partial charge in [0.25, 0.3) is 0 Å². The molecule has 9 heteroatoms. The molecule has 0 unspecified atom stereocenters. The van der Waals surface area contributed by atoms with E-state index in [1.807, 2.05) is 0 Å². The largest absolute Gasteiger partial charge is 0.435 e. The van der Waals surface area contributed by atoms with Crippen LogP contribution in [0.3, 0.4) is 0 Å². The Balaban J connectivity index is 2.82. The molecule has 0 saturated heterocycles. The minimum atomic E-state index is -5.26. The average Bonchev–Trinajstić information content (AvgIpc) is 2.24. The van der Waals surface area contributed by atoms with Crippen molar-refractivity contribution in [3.63, 3.8) is 0 Å². The summed E-state index contributed by atoms with van der Waals surface area (Å²) in [5.74, 6) is 0. The zero-order valence-corrected chi connectivity index (χ0v) is 9.53. The van der Waals surface area contributed by atoms with Gasteiger partial charge >= 0.3 is 12.4 Å². The number of nitrogens with zero attached hydrogens (tertiary/aromatic N) is 2. The van der Waals surface area contributed by atoms with Gasteiger partial charge in [-0.15, -0.1) is 0 Å². The van der Waals surface area contributed by atoms with Crippen LogP contribution in [0.25, 0.3) is 11.0 Å². The van der Waals surface area contributed by atoms with Gasteiger partial charge in [0, 0.05) is 5.02 Å². The molecule has 0 atom stereocenters. The number of rotatable bonds is 0. The Morgan fingerprint density at radius 3 is 1.74 bits per heavy atom. The Bertz CT molecular complexity index is 634. The molecule has 1 aromatic carbocycles. The van der Waals surface area contributed by atoms with E-state index in [0.29, 0.717) is 0 Å². The molecule has 0 saturated carbocycles. The molecule has 2 rings (SSSR count). The quantitative estimate of drug-likeness (QED) is 0.677. The average molecular weight is 301 g/mol. The van der Waals surface area contributed by atoms with Gasteiger partial charge in [0.15, 0.2) is 11.4 Å². The van der Waals surface area contributed by atoms with E-state index in [-0.39, 0.29) is 16.1 Å². The van der Waals surface area contributed by atoms with E-state index in [9.17, 15) is 26.3 Å². The fraction of sp³-hybridized carbons (Fsp3) is 0.200. The Morgan fingerprint density at radius 2 is 1.26 bits per heavy atom. The standard InChI is InChI=1S/C10H3ClF6N2/c11-4-1-2-5-6(3-4)19-8(10(15,16)17)7(18-5)9(12,13)14/h1-3H. The first-order valence-electron chi connectivity index (χ1n) is 4.71. The lowest BCUT2D eigenvalue weighted by Gasteiger charge is -2.14. The van der Waals surface area contributed by atoms with Crippen molar-refractivity contribution in [3.05, 3.63) is 34.6 Å². The Hall–Kier alpha value is -1.57. The molecule has 0 aliphatic rings. The molecule has 0 aliphatic heterocycles. The normalized spacial score (nSPS) is 13.0. The Labute approximate surface area is 107 Å². The first-order chi connectivity index (χ1) is 8.59. The molecule has 0 amide bonds. The summed E-state index contributed by atoms with van der Waals surface area (Å²) < 4.78 is 75.4.